The van der Waals surface area contributed by atoms with Crippen molar-refractivity contribution in [2.75, 3.05) is 6.54 Å². The molecule has 1 aromatic carbocycles. The number of benzene rings is 1. The van der Waals surface area contributed by atoms with Crippen LogP contribution in [0.15, 0.2) is 33.9 Å². The molecule has 2 N–H and O–H groups in total. The van der Waals surface area contributed by atoms with Crippen molar-refractivity contribution in [1.82, 2.24) is 19.1 Å². The summed E-state index contributed by atoms with van der Waals surface area (Å²) in [5.74, 6) is 0.748. The maximum atomic E-state index is 12.2. The first-order valence-electron chi connectivity index (χ1n) is 8.09. The number of aromatic amines is 1. The van der Waals surface area contributed by atoms with E-state index in [1.54, 1.807) is 7.05 Å². The highest BCUT2D eigenvalue weighted by Gasteiger charge is 2.21. The molecule has 3 heterocycles. The molecule has 124 valence electrons. The van der Waals surface area contributed by atoms with Crippen molar-refractivity contribution in [3.8, 4) is 0 Å². The summed E-state index contributed by atoms with van der Waals surface area (Å²) in [5.41, 5.74) is 2.93. The molecule has 4 rings (SSSR count). The lowest BCUT2D eigenvalue weighted by atomic mass is 10.00. The van der Waals surface area contributed by atoms with Crippen LogP contribution in [0.1, 0.15) is 17.0 Å². The van der Waals surface area contributed by atoms with Gasteiger partial charge in [0, 0.05) is 26.1 Å². The van der Waals surface area contributed by atoms with Crippen molar-refractivity contribution < 1.29 is 4.90 Å². The molecule has 1 unspecified atom stereocenters. The van der Waals surface area contributed by atoms with E-state index in [9.17, 15) is 9.59 Å². The van der Waals surface area contributed by atoms with Gasteiger partial charge in [0.1, 0.15) is 18.6 Å². The number of hydrogen-bond acceptors (Lipinski definition) is 3. The second kappa shape index (κ2) is 5.45. The summed E-state index contributed by atoms with van der Waals surface area (Å²) in [7, 11) is 3.12. The van der Waals surface area contributed by atoms with Crippen LogP contribution >= 0.6 is 0 Å². The van der Waals surface area contributed by atoms with Crippen LogP contribution in [0.2, 0.25) is 0 Å². The Kier molecular flexibility index (Phi) is 3.38. The molecule has 0 aliphatic carbocycles. The Bertz CT molecular complexity index is 1040. The third-order valence-corrected chi connectivity index (χ3v) is 4.87. The van der Waals surface area contributed by atoms with E-state index in [4.69, 9.17) is 0 Å². The molecule has 7 nitrogen and oxygen atoms in total. The summed E-state index contributed by atoms with van der Waals surface area (Å²) in [4.78, 5) is 33.3. The Morgan fingerprint density at radius 2 is 1.92 bits per heavy atom. The Hall–Kier alpha value is -2.67. The van der Waals surface area contributed by atoms with E-state index in [1.807, 2.05) is 0 Å². The summed E-state index contributed by atoms with van der Waals surface area (Å²) < 4.78 is 2.52. The van der Waals surface area contributed by atoms with Crippen LogP contribution < -0.4 is 16.1 Å². The van der Waals surface area contributed by atoms with Gasteiger partial charge >= 0.3 is 5.69 Å². The molecule has 3 aromatic rings. The van der Waals surface area contributed by atoms with Crippen molar-refractivity contribution in [1.29, 1.82) is 0 Å². The highest BCUT2D eigenvalue weighted by Crippen LogP contribution is 2.11. The second-order valence-electron chi connectivity index (χ2n) is 6.46. The zero-order valence-corrected chi connectivity index (χ0v) is 13.8. The third-order valence-electron chi connectivity index (χ3n) is 4.87. The first kappa shape index (κ1) is 14.9. The number of hydrogen-bond donors (Lipinski definition) is 2. The standard InChI is InChI=1S/C17H19N5O2/c1-20-15-14(16(23)21(2)17(20)24)18-13(19-15)10-22-8-7-11-5-3-4-6-12(11)9-22/h3-6H,7-10H2,1-2H3,(H,18,19)/p+1. The predicted octanol–water partition coefficient (Wildman–Crippen LogP) is -0.898. The van der Waals surface area contributed by atoms with Gasteiger partial charge in [-0.3, -0.25) is 13.9 Å². The molecule has 0 saturated carbocycles. The Morgan fingerprint density at radius 1 is 1.17 bits per heavy atom. The topological polar surface area (TPSA) is 77.1 Å². The van der Waals surface area contributed by atoms with E-state index in [0.29, 0.717) is 17.7 Å². The molecule has 0 fully saturated rings. The minimum atomic E-state index is -0.357. The number of nitrogens with one attached hydrogen (secondary N) is 2. The Balaban J connectivity index is 1.67. The normalized spacial score (nSPS) is 17.2. The van der Waals surface area contributed by atoms with Gasteiger partial charge in [0.15, 0.2) is 11.5 Å². The zero-order chi connectivity index (χ0) is 16.8. The average molecular weight is 326 g/mol. The predicted molar refractivity (Wildman–Crippen MR) is 90.0 cm³/mol. The molecule has 1 atom stereocenters. The van der Waals surface area contributed by atoms with Gasteiger partial charge < -0.3 is 9.88 Å². The van der Waals surface area contributed by atoms with Crippen molar-refractivity contribution >= 4 is 11.2 Å². The quantitative estimate of drug-likeness (QED) is 0.641. The molecule has 7 heteroatoms. The fraction of sp³-hybridized carbons (Fsp3) is 0.353. The first-order valence-corrected chi connectivity index (χ1v) is 8.09. The molecule has 2 aromatic heterocycles. The number of aromatic nitrogens is 4. The molecule has 0 saturated heterocycles. The zero-order valence-electron chi connectivity index (χ0n) is 13.8. The van der Waals surface area contributed by atoms with E-state index in [2.05, 4.69) is 34.2 Å². The second-order valence-corrected chi connectivity index (χ2v) is 6.46. The Morgan fingerprint density at radius 3 is 2.71 bits per heavy atom. The largest absolute Gasteiger partial charge is 0.332 e. The molecule has 0 spiro atoms. The minimum Gasteiger partial charge on any atom is -0.331 e. The molecular weight excluding hydrogens is 306 g/mol. The molecular formula is C17H20N5O2+. The van der Waals surface area contributed by atoms with Crippen LogP contribution in [-0.2, 0) is 33.6 Å². The van der Waals surface area contributed by atoms with Crippen molar-refractivity contribution in [2.45, 2.75) is 19.5 Å². The summed E-state index contributed by atoms with van der Waals surface area (Å²) in [6.07, 6.45) is 1.05. The third kappa shape index (κ3) is 2.28. The van der Waals surface area contributed by atoms with Crippen molar-refractivity contribution in [3.63, 3.8) is 0 Å². The van der Waals surface area contributed by atoms with Gasteiger partial charge in [-0.1, -0.05) is 24.3 Å². The van der Waals surface area contributed by atoms with Crippen LogP contribution in [0.5, 0.6) is 0 Å². The fourth-order valence-electron chi connectivity index (χ4n) is 3.49. The lowest BCUT2D eigenvalue weighted by Crippen LogP contribution is -3.10. The SMILES string of the molecule is Cn1c(=O)c2[nH]c(C[NH+]3CCc4ccccc4C3)nc2n(C)c1=O. The summed E-state index contributed by atoms with van der Waals surface area (Å²) in [6, 6.07) is 8.52. The molecule has 1 aliphatic rings. The van der Waals surface area contributed by atoms with Crippen LogP contribution in [0, 0.1) is 0 Å². The van der Waals surface area contributed by atoms with Crippen LogP contribution in [-0.4, -0.2) is 25.6 Å². The van der Waals surface area contributed by atoms with Gasteiger partial charge in [-0.05, 0) is 5.56 Å². The monoisotopic (exact) mass is 326 g/mol. The van der Waals surface area contributed by atoms with Gasteiger partial charge in [0.05, 0.1) is 6.54 Å². The molecule has 24 heavy (non-hydrogen) atoms. The number of imidazole rings is 1. The summed E-state index contributed by atoms with van der Waals surface area (Å²) >= 11 is 0. The molecule has 0 radical (unpaired) electrons. The maximum Gasteiger partial charge on any atom is 0.332 e. The van der Waals surface area contributed by atoms with Gasteiger partial charge in [-0.15, -0.1) is 0 Å². The van der Waals surface area contributed by atoms with Crippen molar-refractivity contribution in [3.05, 3.63) is 62.1 Å². The van der Waals surface area contributed by atoms with Crippen LogP contribution in [0.25, 0.3) is 11.2 Å². The van der Waals surface area contributed by atoms with Crippen LogP contribution in [0.4, 0.5) is 0 Å². The fourth-order valence-corrected chi connectivity index (χ4v) is 3.49. The van der Waals surface area contributed by atoms with Gasteiger partial charge in [0.25, 0.3) is 5.56 Å². The average Bonchev–Trinajstić information content (AvgIpc) is 3.02. The smallest absolute Gasteiger partial charge is 0.331 e. The van der Waals surface area contributed by atoms with E-state index in [0.717, 1.165) is 29.9 Å². The number of H-pyrrole nitrogens is 1. The number of nitrogens with zero attached hydrogens (tertiary/aromatic N) is 3. The number of rotatable bonds is 2. The van der Waals surface area contributed by atoms with E-state index in [1.165, 1.54) is 27.6 Å². The van der Waals surface area contributed by atoms with Crippen LogP contribution in [0.3, 0.4) is 0 Å². The molecule has 1 aliphatic heterocycles. The highest BCUT2D eigenvalue weighted by atomic mass is 16.2. The number of aryl methyl sites for hydroxylation is 1. The van der Waals surface area contributed by atoms with Gasteiger partial charge in [-0.25, -0.2) is 9.78 Å². The van der Waals surface area contributed by atoms with Gasteiger partial charge in [0.2, 0.25) is 0 Å². The highest BCUT2D eigenvalue weighted by molar-refractivity contribution is 5.69. The van der Waals surface area contributed by atoms with Gasteiger partial charge in [-0.2, -0.15) is 0 Å². The Labute approximate surface area is 138 Å². The van der Waals surface area contributed by atoms with E-state index >= 15 is 0 Å². The van der Waals surface area contributed by atoms with E-state index < -0.39 is 0 Å². The lowest BCUT2D eigenvalue weighted by Gasteiger charge is -2.25. The molecule has 0 amide bonds. The lowest BCUT2D eigenvalue weighted by molar-refractivity contribution is -0.930. The maximum absolute atomic E-state index is 12.2. The number of fused-ring (bicyclic) bond motifs is 2. The van der Waals surface area contributed by atoms with E-state index in [-0.39, 0.29) is 11.2 Å². The summed E-state index contributed by atoms with van der Waals surface area (Å²) in [6.45, 7) is 2.69. The minimum absolute atomic E-state index is 0.328. The molecule has 0 bridgehead atoms. The summed E-state index contributed by atoms with van der Waals surface area (Å²) in [5, 5.41) is 0. The first-order chi connectivity index (χ1) is 11.5. The number of quaternary nitrogens is 1. The van der Waals surface area contributed by atoms with Crippen molar-refractivity contribution in [2.24, 2.45) is 14.1 Å².